The van der Waals surface area contributed by atoms with Crippen molar-refractivity contribution in [2.45, 2.75) is 6.04 Å². The molecule has 0 fully saturated rings. The zero-order valence-electron chi connectivity index (χ0n) is 7.64. The number of nitrogens with two attached hydrogens (primary N) is 1. The molecule has 0 spiro atoms. The summed E-state index contributed by atoms with van der Waals surface area (Å²) in [5.41, 5.74) is 5.64. The first-order valence-corrected chi connectivity index (χ1v) is 4.20. The minimum atomic E-state index is -1.24. The molecule has 1 aliphatic heterocycles. The van der Waals surface area contributed by atoms with Crippen LogP contribution in [0, 0.1) is 0 Å². The summed E-state index contributed by atoms with van der Waals surface area (Å²) in [6.07, 6.45) is 0. The van der Waals surface area contributed by atoms with Gasteiger partial charge in [-0.05, 0) is 6.07 Å². The highest BCUT2D eigenvalue weighted by Crippen LogP contribution is 2.41. The van der Waals surface area contributed by atoms with Crippen LogP contribution in [0.15, 0.2) is 12.1 Å². The molecule has 1 unspecified atom stereocenters. The van der Waals surface area contributed by atoms with Gasteiger partial charge in [-0.25, -0.2) is 0 Å². The number of rotatable bonds is 2. The standard InChI is InChI=1S/C9H9NO5/c10-7(9(12)13)5-1-4(11)2-6-8(5)15-3-14-6/h1-2,7,11H,3,10H2,(H,12,13). The number of phenolic OH excluding ortho intramolecular Hbond substituents is 1. The van der Waals surface area contributed by atoms with Crippen LogP contribution in [-0.4, -0.2) is 23.0 Å². The molecule has 1 aromatic carbocycles. The van der Waals surface area contributed by atoms with Gasteiger partial charge in [0, 0.05) is 11.6 Å². The van der Waals surface area contributed by atoms with Crippen LogP contribution in [-0.2, 0) is 4.79 Å². The summed E-state index contributed by atoms with van der Waals surface area (Å²) in [5.74, 6) is -0.714. The summed E-state index contributed by atoms with van der Waals surface area (Å²) in [6, 6.07) is 1.36. The number of aliphatic carboxylic acids is 1. The van der Waals surface area contributed by atoms with Crippen LogP contribution >= 0.6 is 0 Å². The smallest absolute Gasteiger partial charge is 0.325 e. The van der Waals surface area contributed by atoms with E-state index in [0.29, 0.717) is 5.75 Å². The van der Waals surface area contributed by atoms with E-state index in [1.165, 1.54) is 12.1 Å². The Labute approximate surface area is 84.8 Å². The van der Waals surface area contributed by atoms with Crippen molar-refractivity contribution in [2.75, 3.05) is 6.79 Å². The molecule has 0 aliphatic carbocycles. The fourth-order valence-electron chi connectivity index (χ4n) is 1.39. The predicted octanol–water partition coefficient (Wildman–Crippen LogP) is 0.205. The van der Waals surface area contributed by atoms with Crippen molar-refractivity contribution in [1.82, 2.24) is 0 Å². The summed E-state index contributed by atoms with van der Waals surface area (Å²) >= 11 is 0. The number of benzene rings is 1. The molecule has 15 heavy (non-hydrogen) atoms. The Balaban J connectivity index is 2.51. The molecule has 6 heteroatoms. The second kappa shape index (κ2) is 3.32. The van der Waals surface area contributed by atoms with E-state index in [1.807, 2.05) is 0 Å². The number of carboxylic acid groups (broad SMARTS) is 1. The topological polar surface area (TPSA) is 102 Å². The second-order valence-corrected chi connectivity index (χ2v) is 3.08. The summed E-state index contributed by atoms with van der Waals surface area (Å²) in [4.78, 5) is 10.7. The van der Waals surface area contributed by atoms with Crippen LogP contribution in [0.25, 0.3) is 0 Å². The van der Waals surface area contributed by atoms with Gasteiger partial charge in [0.15, 0.2) is 11.5 Å². The first kappa shape index (κ1) is 9.60. The Bertz CT molecular complexity index is 417. The third kappa shape index (κ3) is 1.55. The van der Waals surface area contributed by atoms with E-state index in [-0.39, 0.29) is 23.9 Å². The number of hydrogen-bond donors (Lipinski definition) is 3. The van der Waals surface area contributed by atoms with Gasteiger partial charge in [0.1, 0.15) is 11.8 Å². The molecule has 1 aromatic rings. The number of aromatic hydroxyl groups is 1. The van der Waals surface area contributed by atoms with Gasteiger partial charge >= 0.3 is 5.97 Å². The number of hydrogen-bond acceptors (Lipinski definition) is 5. The fourth-order valence-corrected chi connectivity index (χ4v) is 1.39. The normalized spacial score (nSPS) is 15.0. The number of fused-ring (bicyclic) bond motifs is 1. The predicted molar refractivity (Wildman–Crippen MR) is 48.8 cm³/mol. The third-order valence-electron chi connectivity index (χ3n) is 2.09. The van der Waals surface area contributed by atoms with Crippen molar-refractivity contribution in [3.63, 3.8) is 0 Å². The van der Waals surface area contributed by atoms with Gasteiger partial charge in [-0.3, -0.25) is 4.79 Å². The Morgan fingerprint density at radius 1 is 1.47 bits per heavy atom. The average Bonchev–Trinajstić information content (AvgIpc) is 2.62. The molecule has 4 N–H and O–H groups in total. The van der Waals surface area contributed by atoms with Crippen molar-refractivity contribution in [3.05, 3.63) is 17.7 Å². The fraction of sp³-hybridized carbons (Fsp3) is 0.222. The Hall–Kier alpha value is -1.95. The molecule has 0 bridgehead atoms. The number of carboxylic acids is 1. The lowest BCUT2D eigenvalue weighted by Crippen LogP contribution is -2.21. The zero-order valence-corrected chi connectivity index (χ0v) is 7.64. The molecule has 1 atom stereocenters. The van der Waals surface area contributed by atoms with E-state index in [9.17, 15) is 9.90 Å². The van der Waals surface area contributed by atoms with Crippen LogP contribution in [0.2, 0.25) is 0 Å². The number of carbonyl (C=O) groups is 1. The molecule has 2 rings (SSSR count). The molecule has 80 valence electrons. The maximum Gasteiger partial charge on any atom is 0.325 e. The first-order chi connectivity index (χ1) is 7.09. The van der Waals surface area contributed by atoms with Gasteiger partial charge in [0.25, 0.3) is 0 Å². The molecule has 0 saturated carbocycles. The largest absolute Gasteiger partial charge is 0.508 e. The molecule has 1 aliphatic rings. The maximum atomic E-state index is 10.7. The number of phenols is 1. The van der Waals surface area contributed by atoms with Crippen LogP contribution < -0.4 is 15.2 Å². The van der Waals surface area contributed by atoms with Crippen LogP contribution in [0.4, 0.5) is 0 Å². The van der Waals surface area contributed by atoms with Gasteiger partial charge < -0.3 is 25.4 Å². The van der Waals surface area contributed by atoms with Crippen molar-refractivity contribution in [3.8, 4) is 17.2 Å². The molecule has 1 heterocycles. The first-order valence-electron chi connectivity index (χ1n) is 4.20. The molecule has 0 radical (unpaired) electrons. The monoisotopic (exact) mass is 211 g/mol. The number of ether oxygens (including phenoxy) is 2. The van der Waals surface area contributed by atoms with Crippen molar-refractivity contribution in [1.29, 1.82) is 0 Å². The highest BCUT2D eigenvalue weighted by molar-refractivity contribution is 5.77. The Morgan fingerprint density at radius 2 is 2.20 bits per heavy atom. The molecule has 0 amide bonds. The van der Waals surface area contributed by atoms with Gasteiger partial charge in [-0.1, -0.05) is 0 Å². The van der Waals surface area contributed by atoms with E-state index in [0.717, 1.165) is 0 Å². The van der Waals surface area contributed by atoms with Crippen molar-refractivity contribution < 1.29 is 24.5 Å². The molecule has 0 saturated heterocycles. The molecular formula is C9H9NO5. The summed E-state index contributed by atoms with van der Waals surface area (Å²) < 4.78 is 10.1. The molecule has 6 nitrogen and oxygen atoms in total. The minimum absolute atomic E-state index is 0.00186. The summed E-state index contributed by atoms with van der Waals surface area (Å²) in [6.45, 7) is -0.00186. The van der Waals surface area contributed by atoms with Gasteiger partial charge in [0.2, 0.25) is 6.79 Å². The minimum Gasteiger partial charge on any atom is -0.508 e. The lowest BCUT2D eigenvalue weighted by Gasteiger charge is -2.10. The van der Waals surface area contributed by atoms with E-state index < -0.39 is 12.0 Å². The highest BCUT2D eigenvalue weighted by atomic mass is 16.7. The SMILES string of the molecule is NC(C(=O)O)c1cc(O)cc2c1OCO2. The Kier molecular flexibility index (Phi) is 2.12. The summed E-state index contributed by atoms with van der Waals surface area (Å²) in [7, 11) is 0. The van der Waals surface area contributed by atoms with Gasteiger partial charge in [0.05, 0.1) is 0 Å². The van der Waals surface area contributed by atoms with Crippen LogP contribution in [0.3, 0.4) is 0 Å². The highest BCUT2D eigenvalue weighted by Gasteiger charge is 2.26. The molecule has 0 aromatic heterocycles. The summed E-state index contributed by atoms with van der Waals surface area (Å²) in [5, 5.41) is 18.1. The van der Waals surface area contributed by atoms with Crippen molar-refractivity contribution in [2.24, 2.45) is 5.73 Å². The van der Waals surface area contributed by atoms with Gasteiger partial charge in [-0.15, -0.1) is 0 Å². The van der Waals surface area contributed by atoms with E-state index in [2.05, 4.69) is 0 Å². The van der Waals surface area contributed by atoms with Crippen LogP contribution in [0.1, 0.15) is 11.6 Å². The van der Waals surface area contributed by atoms with Crippen LogP contribution in [0.5, 0.6) is 17.2 Å². The zero-order chi connectivity index (χ0) is 11.0. The van der Waals surface area contributed by atoms with E-state index >= 15 is 0 Å². The van der Waals surface area contributed by atoms with E-state index in [1.54, 1.807) is 0 Å². The third-order valence-corrected chi connectivity index (χ3v) is 2.09. The lowest BCUT2D eigenvalue weighted by molar-refractivity contribution is -0.138. The lowest BCUT2D eigenvalue weighted by atomic mass is 10.1. The second-order valence-electron chi connectivity index (χ2n) is 3.08. The Morgan fingerprint density at radius 3 is 2.87 bits per heavy atom. The van der Waals surface area contributed by atoms with Crippen molar-refractivity contribution >= 4 is 5.97 Å². The van der Waals surface area contributed by atoms with Gasteiger partial charge in [-0.2, -0.15) is 0 Å². The quantitative estimate of drug-likeness (QED) is 0.646. The average molecular weight is 211 g/mol. The maximum absolute atomic E-state index is 10.7. The molecular weight excluding hydrogens is 202 g/mol. The van der Waals surface area contributed by atoms with E-state index in [4.69, 9.17) is 20.3 Å².